The molecule has 1 aromatic carbocycles. The van der Waals surface area contributed by atoms with Crippen molar-refractivity contribution in [3.63, 3.8) is 0 Å². The summed E-state index contributed by atoms with van der Waals surface area (Å²) < 4.78 is 0. The Morgan fingerprint density at radius 2 is 2.40 bits per heavy atom. The second kappa shape index (κ2) is 4.84. The summed E-state index contributed by atoms with van der Waals surface area (Å²) in [7, 11) is 0. The van der Waals surface area contributed by atoms with E-state index in [-0.39, 0.29) is 5.78 Å². The first-order chi connectivity index (χ1) is 7.25. The van der Waals surface area contributed by atoms with Crippen LogP contribution in [0.2, 0.25) is 0 Å². The number of hydrogen-bond acceptors (Lipinski definition) is 2. The van der Waals surface area contributed by atoms with Gasteiger partial charge in [0.2, 0.25) is 0 Å². The number of benzene rings is 1. The molecule has 1 saturated heterocycles. The van der Waals surface area contributed by atoms with Crippen LogP contribution in [0.3, 0.4) is 0 Å². The molecule has 1 unspecified atom stereocenters. The minimum Gasteiger partial charge on any atom is -0.295 e. The molecule has 1 atom stereocenters. The lowest BCUT2D eigenvalue weighted by Gasteiger charge is -2.08. The largest absolute Gasteiger partial charge is 0.295 e. The smallest absolute Gasteiger partial charge is 0.159 e. The molecule has 1 fully saturated rings. The van der Waals surface area contributed by atoms with Gasteiger partial charge in [0, 0.05) is 5.56 Å². The van der Waals surface area contributed by atoms with E-state index in [0.29, 0.717) is 0 Å². The minimum atomic E-state index is 0.164. The first-order valence-electron chi connectivity index (χ1n) is 5.43. The summed E-state index contributed by atoms with van der Waals surface area (Å²) in [6.07, 6.45) is 2.46. The first-order valence-corrected chi connectivity index (χ1v) is 6.59. The summed E-state index contributed by atoms with van der Waals surface area (Å²) in [5.41, 5.74) is 2.16. The molecule has 2 heteroatoms. The first kappa shape index (κ1) is 10.7. The maximum absolute atomic E-state index is 11.2. The molecule has 0 N–H and O–H groups in total. The van der Waals surface area contributed by atoms with Crippen molar-refractivity contribution in [1.82, 2.24) is 0 Å². The average Bonchev–Trinajstić information content (AvgIpc) is 2.71. The van der Waals surface area contributed by atoms with Crippen LogP contribution in [-0.4, -0.2) is 17.3 Å². The van der Waals surface area contributed by atoms with Gasteiger partial charge in [0.25, 0.3) is 0 Å². The predicted octanol–water partition coefficient (Wildman–Crippen LogP) is 3.18. The topological polar surface area (TPSA) is 17.1 Å². The SMILES string of the molecule is CC(=O)c1cccc(CC2CCSC2)c1. The zero-order valence-electron chi connectivity index (χ0n) is 9.03. The molecule has 2 rings (SSSR count). The van der Waals surface area contributed by atoms with Crippen LogP contribution >= 0.6 is 11.8 Å². The van der Waals surface area contributed by atoms with Crippen molar-refractivity contribution < 1.29 is 4.79 Å². The van der Waals surface area contributed by atoms with Crippen LogP contribution in [-0.2, 0) is 6.42 Å². The van der Waals surface area contributed by atoms with Crippen molar-refractivity contribution in [3.8, 4) is 0 Å². The highest BCUT2D eigenvalue weighted by molar-refractivity contribution is 7.99. The molecule has 0 aliphatic carbocycles. The molecule has 1 aliphatic rings. The molecule has 80 valence electrons. The fourth-order valence-corrected chi connectivity index (χ4v) is 3.28. The zero-order chi connectivity index (χ0) is 10.7. The fraction of sp³-hybridized carbons (Fsp3) is 0.462. The minimum absolute atomic E-state index is 0.164. The Hall–Kier alpha value is -0.760. The Morgan fingerprint density at radius 3 is 3.07 bits per heavy atom. The van der Waals surface area contributed by atoms with E-state index < -0.39 is 0 Å². The van der Waals surface area contributed by atoms with Gasteiger partial charge in [-0.3, -0.25) is 4.79 Å². The summed E-state index contributed by atoms with van der Waals surface area (Å²) in [6.45, 7) is 1.63. The highest BCUT2D eigenvalue weighted by Crippen LogP contribution is 2.26. The van der Waals surface area contributed by atoms with E-state index in [2.05, 4.69) is 6.07 Å². The van der Waals surface area contributed by atoms with Crippen molar-refractivity contribution in [2.45, 2.75) is 19.8 Å². The number of ketones is 1. The van der Waals surface area contributed by atoms with Crippen LogP contribution in [0.15, 0.2) is 24.3 Å². The van der Waals surface area contributed by atoms with Crippen LogP contribution in [0.5, 0.6) is 0 Å². The summed E-state index contributed by atoms with van der Waals surface area (Å²) in [5, 5.41) is 0. The Morgan fingerprint density at radius 1 is 1.53 bits per heavy atom. The van der Waals surface area contributed by atoms with Gasteiger partial charge in [-0.1, -0.05) is 18.2 Å². The van der Waals surface area contributed by atoms with Crippen molar-refractivity contribution >= 4 is 17.5 Å². The zero-order valence-corrected chi connectivity index (χ0v) is 9.85. The Balaban J connectivity index is 2.07. The average molecular weight is 220 g/mol. The third kappa shape index (κ3) is 2.85. The Bertz CT molecular complexity index is 353. The van der Waals surface area contributed by atoms with E-state index in [1.807, 2.05) is 30.0 Å². The normalized spacial score (nSPS) is 20.5. The van der Waals surface area contributed by atoms with Gasteiger partial charge < -0.3 is 0 Å². The lowest BCUT2D eigenvalue weighted by Crippen LogP contribution is -2.03. The molecule has 0 amide bonds. The molecule has 1 aromatic rings. The molecular formula is C13H16OS. The highest BCUT2D eigenvalue weighted by atomic mass is 32.2. The maximum atomic E-state index is 11.2. The van der Waals surface area contributed by atoms with Gasteiger partial charge in [0.05, 0.1) is 0 Å². The van der Waals surface area contributed by atoms with Crippen molar-refractivity contribution in [3.05, 3.63) is 35.4 Å². The molecule has 15 heavy (non-hydrogen) atoms. The Kier molecular flexibility index (Phi) is 3.47. The number of rotatable bonds is 3. The van der Waals surface area contributed by atoms with Gasteiger partial charge in [-0.15, -0.1) is 0 Å². The molecule has 1 heterocycles. The second-order valence-electron chi connectivity index (χ2n) is 4.19. The third-order valence-corrected chi connectivity index (χ3v) is 4.11. The van der Waals surface area contributed by atoms with E-state index in [9.17, 15) is 4.79 Å². The number of hydrogen-bond donors (Lipinski definition) is 0. The van der Waals surface area contributed by atoms with Crippen molar-refractivity contribution in [2.24, 2.45) is 5.92 Å². The number of thioether (sulfide) groups is 1. The molecule has 0 aromatic heterocycles. The van der Waals surface area contributed by atoms with E-state index >= 15 is 0 Å². The standard InChI is InChI=1S/C13H16OS/c1-10(14)13-4-2-3-11(8-13)7-12-5-6-15-9-12/h2-4,8,12H,5-7,9H2,1H3. The number of Topliss-reactive ketones (excluding diaryl/α,β-unsaturated/α-hetero) is 1. The van der Waals surface area contributed by atoms with Gasteiger partial charge in [-0.05, 0) is 48.8 Å². The molecule has 0 saturated carbocycles. The van der Waals surface area contributed by atoms with Crippen LogP contribution in [0.1, 0.15) is 29.3 Å². The van der Waals surface area contributed by atoms with Crippen LogP contribution in [0.25, 0.3) is 0 Å². The molecular weight excluding hydrogens is 204 g/mol. The van der Waals surface area contributed by atoms with E-state index in [4.69, 9.17) is 0 Å². The highest BCUT2D eigenvalue weighted by Gasteiger charge is 2.15. The van der Waals surface area contributed by atoms with Gasteiger partial charge in [0.15, 0.2) is 5.78 Å². The summed E-state index contributed by atoms with van der Waals surface area (Å²) in [4.78, 5) is 11.2. The summed E-state index contributed by atoms with van der Waals surface area (Å²) in [5.74, 6) is 3.57. The monoisotopic (exact) mass is 220 g/mol. The van der Waals surface area contributed by atoms with Crippen LogP contribution in [0, 0.1) is 5.92 Å². The summed E-state index contributed by atoms with van der Waals surface area (Å²) in [6, 6.07) is 8.07. The Labute approximate surface area is 95.3 Å². The lowest BCUT2D eigenvalue weighted by atomic mass is 9.97. The molecule has 1 aliphatic heterocycles. The molecule has 0 spiro atoms. The number of carbonyl (C=O) groups excluding carboxylic acids is 1. The molecule has 0 radical (unpaired) electrons. The number of carbonyl (C=O) groups is 1. The van der Waals surface area contributed by atoms with Gasteiger partial charge in [-0.25, -0.2) is 0 Å². The van der Waals surface area contributed by atoms with E-state index in [0.717, 1.165) is 17.9 Å². The van der Waals surface area contributed by atoms with Crippen LogP contribution in [0.4, 0.5) is 0 Å². The predicted molar refractivity (Wildman–Crippen MR) is 65.6 cm³/mol. The second-order valence-corrected chi connectivity index (χ2v) is 5.34. The quantitative estimate of drug-likeness (QED) is 0.728. The lowest BCUT2D eigenvalue weighted by molar-refractivity contribution is 0.101. The van der Waals surface area contributed by atoms with Crippen molar-refractivity contribution in [1.29, 1.82) is 0 Å². The molecule has 1 nitrogen and oxygen atoms in total. The maximum Gasteiger partial charge on any atom is 0.159 e. The molecule has 0 bridgehead atoms. The van der Waals surface area contributed by atoms with E-state index in [1.54, 1.807) is 6.92 Å². The van der Waals surface area contributed by atoms with Crippen molar-refractivity contribution in [2.75, 3.05) is 11.5 Å². The fourth-order valence-electron chi connectivity index (χ4n) is 1.99. The van der Waals surface area contributed by atoms with Gasteiger partial charge in [0.1, 0.15) is 0 Å². The summed E-state index contributed by atoms with van der Waals surface area (Å²) >= 11 is 2.04. The van der Waals surface area contributed by atoms with E-state index in [1.165, 1.54) is 23.5 Å². The third-order valence-electron chi connectivity index (χ3n) is 2.88. The van der Waals surface area contributed by atoms with Gasteiger partial charge in [-0.2, -0.15) is 11.8 Å². The van der Waals surface area contributed by atoms with Crippen LogP contribution < -0.4 is 0 Å². The van der Waals surface area contributed by atoms with Gasteiger partial charge >= 0.3 is 0 Å².